The van der Waals surface area contributed by atoms with Gasteiger partial charge in [-0.1, -0.05) is 22.9 Å². The van der Waals surface area contributed by atoms with E-state index >= 15 is 0 Å². The maximum absolute atomic E-state index is 12.9. The fourth-order valence-electron chi connectivity index (χ4n) is 2.63. The Morgan fingerprint density at radius 2 is 2.05 bits per heavy atom. The molecule has 1 saturated heterocycles. The Morgan fingerprint density at radius 1 is 1.36 bits per heavy atom. The standard InChI is InChI=1S/C14H20BrNO4S2/c1-3-7-16(12-6-8-21(17,18)10-12)22(19,20)13-4-5-14(15)11(2)9-13/h4-5,9,12H,3,6-8,10H2,1-2H3/t12-/m0/s1. The van der Waals surface area contributed by atoms with Crippen molar-refractivity contribution < 1.29 is 16.8 Å². The van der Waals surface area contributed by atoms with E-state index in [-0.39, 0.29) is 16.4 Å². The zero-order valence-corrected chi connectivity index (χ0v) is 15.8. The summed E-state index contributed by atoms with van der Waals surface area (Å²) in [7, 11) is -6.82. The zero-order chi connectivity index (χ0) is 16.5. The minimum atomic E-state index is -3.69. The lowest BCUT2D eigenvalue weighted by Gasteiger charge is -2.27. The van der Waals surface area contributed by atoms with Gasteiger partial charge < -0.3 is 0 Å². The highest BCUT2D eigenvalue weighted by molar-refractivity contribution is 9.10. The van der Waals surface area contributed by atoms with Crippen LogP contribution in [-0.2, 0) is 19.9 Å². The van der Waals surface area contributed by atoms with Crippen LogP contribution in [0.1, 0.15) is 25.3 Å². The van der Waals surface area contributed by atoms with Crippen molar-refractivity contribution in [3.8, 4) is 0 Å². The van der Waals surface area contributed by atoms with E-state index in [4.69, 9.17) is 0 Å². The average molecular weight is 410 g/mol. The topological polar surface area (TPSA) is 71.5 Å². The van der Waals surface area contributed by atoms with E-state index in [1.165, 1.54) is 4.31 Å². The van der Waals surface area contributed by atoms with Gasteiger partial charge in [-0.2, -0.15) is 4.31 Å². The number of sulfone groups is 1. The molecule has 0 N–H and O–H groups in total. The number of benzene rings is 1. The Hall–Kier alpha value is -0.440. The van der Waals surface area contributed by atoms with Crippen LogP contribution < -0.4 is 0 Å². The van der Waals surface area contributed by atoms with Crippen LogP contribution >= 0.6 is 15.9 Å². The third-order valence-electron chi connectivity index (χ3n) is 3.80. The highest BCUT2D eigenvalue weighted by Gasteiger charge is 2.38. The molecular formula is C14H20BrNO4S2. The van der Waals surface area contributed by atoms with Gasteiger partial charge in [-0.05, 0) is 43.5 Å². The van der Waals surface area contributed by atoms with Crippen molar-refractivity contribution in [1.29, 1.82) is 0 Å². The molecule has 1 heterocycles. The minimum Gasteiger partial charge on any atom is -0.229 e. The normalized spacial score (nSPS) is 21.4. The predicted octanol–water partition coefficient (Wildman–Crippen LogP) is 2.35. The monoisotopic (exact) mass is 409 g/mol. The number of halogens is 1. The molecular weight excluding hydrogens is 390 g/mol. The summed E-state index contributed by atoms with van der Waals surface area (Å²) in [6.07, 6.45) is 1.02. The van der Waals surface area contributed by atoms with E-state index in [1.807, 2.05) is 13.8 Å². The first-order valence-electron chi connectivity index (χ1n) is 7.16. The molecule has 0 aromatic heterocycles. The maximum Gasteiger partial charge on any atom is 0.243 e. The summed E-state index contributed by atoms with van der Waals surface area (Å²) in [4.78, 5) is 0.214. The quantitative estimate of drug-likeness (QED) is 0.747. The van der Waals surface area contributed by atoms with Crippen molar-refractivity contribution in [3.05, 3.63) is 28.2 Å². The van der Waals surface area contributed by atoms with Gasteiger partial charge in [0.05, 0.1) is 16.4 Å². The van der Waals surface area contributed by atoms with Gasteiger partial charge in [0.2, 0.25) is 10.0 Å². The highest BCUT2D eigenvalue weighted by atomic mass is 79.9. The molecule has 0 bridgehead atoms. The third kappa shape index (κ3) is 3.72. The van der Waals surface area contributed by atoms with E-state index in [9.17, 15) is 16.8 Å². The zero-order valence-electron chi connectivity index (χ0n) is 12.6. The number of rotatable bonds is 5. The fourth-order valence-corrected chi connectivity index (χ4v) is 6.54. The number of hydrogen-bond donors (Lipinski definition) is 0. The van der Waals surface area contributed by atoms with Crippen molar-refractivity contribution in [3.63, 3.8) is 0 Å². The van der Waals surface area contributed by atoms with Gasteiger partial charge in [0.25, 0.3) is 0 Å². The first-order chi connectivity index (χ1) is 10.2. The van der Waals surface area contributed by atoms with Crippen LogP contribution in [0.3, 0.4) is 0 Å². The van der Waals surface area contributed by atoms with Crippen LogP contribution in [0.4, 0.5) is 0 Å². The molecule has 0 amide bonds. The minimum absolute atomic E-state index is 0.0623. The van der Waals surface area contributed by atoms with Gasteiger partial charge in [-0.25, -0.2) is 16.8 Å². The Labute approximate surface area is 140 Å². The molecule has 1 aromatic carbocycles. The van der Waals surface area contributed by atoms with Crippen LogP contribution in [-0.4, -0.2) is 45.2 Å². The first kappa shape index (κ1) is 17.9. The van der Waals surface area contributed by atoms with Crippen LogP contribution in [0.2, 0.25) is 0 Å². The van der Waals surface area contributed by atoms with Crippen LogP contribution in [0.5, 0.6) is 0 Å². The molecule has 0 aliphatic carbocycles. The average Bonchev–Trinajstić information content (AvgIpc) is 2.78. The highest BCUT2D eigenvalue weighted by Crippen LogP contribution is 2.27. The second-order valence-electron chi connectivity index (χ2n) is 5.58. The van der Waals surface area contributed by atoms with Crippen molar-refractivity contribution in [1.82, 2.24) is 4.31 Å². The molecule has 5 nitrogen and oxygen atoms in total. The molecule has 2 rings (SSSR count). The molecule has 0 unspecified atom stereocenters. The van der Waals surface area contributed by atoms with E-state index in [2.05, 4.69) is 15.9 Å². The molecule has 0 saturated carbocycles. The first-order valence-corrected chi connectivity index (χ1v) is 11.2. The lowest BCUT2D eigenvalue weighted by atomic mass is 10.2. The van der Waals surface area contributed by atoms with Crippen molar-refractivity contribution >= 4 is 35.8 Å². The molecule has 1 aliphatic rings. The van der Waals surface area contributed by atoms with Crippen molar-refractivity contribution in [2.45, 2.75) is 37.6 Å². The summed E-state index contributed by atoms with van der Waals surface area (Å²) >= 11 is 3.36. The van der Waals surface area contributed by atoms with Crippen LogP contribution in [0, 0.1) is 6.92 Å². The summed E-state index contributed by atoms with van der Waals surface area (Å²) in [5.74, 6) is -0.0193. The molecule has 22 heavy (non-hydrogen) atoms. The van der Waals surface area contributed by atoms with Gasteiger partial charge in [0.15, 0.2) is 9.84 Å². The second-order valence-corrected chi connectivity index (χ2v) is 10.6. The smallest absolute Gasteiger partial charge is 0.229 e. The molecule has 1 aliphatic heterocycles. The van der Waals surface area contributed by atoms with Gasteiger partial charge in [0, 0.05) is 17.1 Å². The number of aryl methyl sites for hydroxylation is 1. The summed E-state index contributed by atoms with van der Waals surface area (Å²) < 4.78 is 51.4. The van der Waals surface area contributed by atoms with Gasteiger partial charge >= 0.3 is 0 Å². The molecule has 0 spiro atoms. The Morgan fingerprint density at radius 3 is 2.55 bits per heavy atom. The Kier molecular flexibility index (Phi) is 5.36. The summed E-state index contributed by atoms with van der Waals surface area (Å²) in [6, 6.07) is 4.42. The number of sulfonamides is 1. The molecule has 1 atom stereocenters. The van der Waals surface area contributed by atoms with Crippen molar-refractivity contribution in [2.24, 2.45) is 0 Å². The fraction of sp³-hybridized carbons (Fsp3) is 0.571. The Bertz CT molecular complexity index is 759. The third-order valence-corrected chi connectivity index (χ3v) is 8.38. The van der Waals surface area contributed by atoms with Crippen molar-refractivity contribution in [2.75, 3.05) is 18.1 Å². The van der Waals surface area contributed by atoms with Crippen LogP contribution in [0.25, 0.3) is 0 Å². The molecule has 1 fully saturated rings. The molecule has 124 valence electrons. The molecule has 8 heteroatoms. The van der Waals surface area contributed by atoms with Crippen LogP contribution in [0.15, 0.2) is 27.6 Å². The van der Waals surface area contributed by atoms with Gasteiger partial charge in [0.1, 0.15) is 0 Å². The molecule has 1 aromatic rings. The predicted molar refractivity (Wildman–Crippen MR) is 90.1 cm³/mol. The SMILES string of the molecule is CCCN([C@H]1CCS(=O)(=O)C1)S(=O)(=O)c1ccc(Br)c(C)c1. The summed E-state index contributed by atoms with van der Waals surface area (Å²) in [6.45, 7) is 4.05. The van der Waals surface area contributed by atoms with E-state index < -0.39 is 25.9 Å². The summed E-state index contributed by atoms with van der Waals surface area (Å²) in [5, 5.41) is 0. The number of hydrogen-bond acceptors (Lipinski definition) is 4. The van der Waals surface area contributed by atoms with Gasteiger partial charge in [-0.15, -0.1) is 0 Å². The maximum atomic E-state index is 12.9. The largest absolute Gasteiger partial charge is 0.243 e. The van der Waals surface area contributed by atoms with E-state index in [1.54, 1.807) is 18.2 Å². The van der Waals surface area contributed by atoms with E-state index in [0.717, 1.165) is 10.0 Å². The number of nitrogens with zero attached hydrogens (tertiary/aromatic N) is 1. The molecule has 0 radical (unpaired) electrons. The Balaban J connectivity index is 2.40. The summed E-state index contributed by atoms with van der Waals surface area (Å²) in [5.41, 5.74) is 0.830. The van der Waals surface area contributed by atoms with E-state index in [0.29, 0.717) is 19.4 Å². The lowest BCUT2D eigenvalue weighted by molar-refractivity contribution is 0.340. The lowest BCUT2D eigenvalue weighted by Crippen LogP contribution is -2.41. The van der Waals surface area contributed by atoms with Gasteiger partial charge in [-0.3, -0.25) is 0 Å². The second kappa shape index (κ2) is 6.59.